The van der Waals surface area contributed by atoms with E-state index >= 15 is 0 Å². The number of nitrogens with one attached hydrogen (secondary N) is 1. The molecular weight excluding hydrogens is 344 g/mol. The maximum atomic E-state index is 12.8. The second-order valence-electron chi connectivity index (χ2n) is 7.75. The van der Waals surface area contributed by atoms with Crippen molar-refractivity contribution in [2.24, 2.45) is 5.41 Å². The first kappa shape index (κ1) is 19.2. The maximum absolute atomic E-state index is 12.8. The number of hydrogen-bond acceptors (Lipinski definition) is 4. The molecule has 2 fully saturated rings. The lowest BCUT2D eigenvalue weighted by molar-refractivity contribution is -0.148. The first-order chi connectivity index (χ1) is 12.9. The third-order valence-corrected chi connectivity index (χ3v) is 5.45. The molecule has 3 rings (SSSR count). The van der Waals surface area contributed by atoms with Crippen molar-refractivity contribution in [2.75, 3.05) is 49.5 Å². The molecule has 0 atom stereocenters. The quantitative estimate of drug-likeness (QED) is 0.629. The summed E-state index contributed by atoms with van der Waals surface area (Å²) in [6, 6.07) is 7.78. The van der Waals surface area contributed by atoms with E-state index in [2.05, 4.69) is 10.2 Å². The third kappa shape index (κ3) is 4.23. The van der Waals surface area contributed by atoms with E-state index < -0.39 is 5.41 Å². The van der Waals surface area contributed by atoms with Crippen LogP contribution in [-0.2, 0) is 14.4 Å². The summed E-state index contributed by atoms with van der Waals surface area (Å²) in [5.74, 6) is -0.529. The fraction of sp³-hybridized carbons (Fsp3) is 0.550. The van der Waals surface area contributed by atoms with Gasteiger partial charge in [-0.15, -0.1) is 0 Å². The van der Waals surface area contributed by atoms with E-state index in [0.29, 0.717) is 31.9 Å². The van der Waals surface area contributed by atoms with E-state index in [1.807, 2.05) is 24.3 Å². The molecule has 1 aromatic carbocycles. The molecule has 0 unspecified atom stereocenters. The van der Waals surface area contributed by atoms with Crippen LogP contribution in [0.5, 0.6) is 0 Å². The van der Waals surface area contributed by atoms with Gasteiger partial charge < -0.3 is 20.0 Å². The van der Waals surface area contributed by atoms with Gasteiger partial charge in [0.15, 0.2) is 0 Å². The van der Waals surface area contributed by atoms with Crippen molar-refractivity contribution in [3.8, 4) is 0 Å². The van der Waals surface area contributed by atoms with Gasteiger partial charge in [-0.3, -0.25) is 14.4 Å². The van der Waals surface area contributed by atoms with Gasteiger partial charge in [-0.05, 0) is 51.0 Å². The Bertz CT molecular complexity index is 688. The van der Waals surface area contributed by atoms with Gasteiger partial charge >= 0.3 is 0 Å². The Labute approximate surface area is 160 Å². The van der Waals surface area contributed by atoms with Crippen molar-refractivity contribution in [3.05, 3.63) is 24.3 Å². The highest BCUT2D eigenvalue weighted by Gasteiger charge is 2.40. The number of carbonyl (C=O) groups excluding carboxylic acids is 3. The Hall–Kier alpha value is -2.57. The standard InChI is InChI=1S/C20H28N4O3/c1-20(2,19(27)24-13-11-22(15-25)12-14-24)18(26)21-16-5-7-17(8-6-16)23-9-3-4-10-23/h5-8,15H,3-4,9-14H2,1-2H3,(H,21,26). The highest BCUT2D eigenvalue weighted by molar-refractivity contribution is 6.09. The topological polar surface area (TPSA) is 73.0 Å². The van der Waals surface area contributed by atoms with Crippen LogP contribution in [0.15, 0.2) is 24.3 Å². The summed E-state index contributed by atoms with van der Waals surface area (Å²) >= 11 is 0. The highest BCUT2D eigenvalue weighted by Crippen LogP contribution is 2.25. The molecule has 2 aliphatic rings. The summed E-state index contributed by atoms with van der Waals surface area (Å²) in [7, 11) is 0. The van der Waals surface area contributed by atoms with E-state index in [1.165, 1.54) is 12.8 Å². The zero-order chi connectivity index (χ0) is 19.4. The fourth-order valence-electron chi connectivity index (χ4n) is 3.54. The van der Waals surface area contributed by atoms with Crippen LogP contribution in [0.3, 0.4) is 0 Å². The summed E-state index contributed by atoms with van der Waals surface area (Å²) in [5, 5.41) is 2.87. The van der Waals surface area contributed by atoms with Gasteiger partial charge in [-0.25, -0.2) is 0 Å². The lowest BCUT2D eigenvalue weighted by Crippen LogP contribution is -2.54. The molecule has 146 valence electrons. The predicted octanol–water partition coefficient (Wildman–Crippen LogP) is 1.55. The molecular formula is C20H28N4O3. The van der Waals surface area contributed by atoms with Gasteiger partial charge in [0.2, 0.25) is 18.2 Å². The number of piperazine rings is 1. The van der Waals surface area contributed by atoms with Crippen molar-refractivity contribution >= 4 is 29.6 Å². The Morgan fingerprint density at radius 2 is 1.56 bits per heavy atom. The molecule has 7 heteroatoms. The summed E-state index contributed by atoms with van der Waals surface area (Å²) < 4.78 is 0. The van der Waals surface area contributed by atoms with Gasteiger partial charge in [-0.2, -0.15) is 0 Å². The highest BCUT2D eigenvalue weighted by atomic mass is 16.2. The van der Waals surface area contributed by atoms with Crippen molar-refractivity contribution in [1.82, 2.24) is 9.80 Å². The first-order valence-corrected chi connectivity index (χ1v) is 9.57. The number of anilines is 2. The zero-order valence-electron chi connectivity index (χ0n) is 16.1. The van der Waals surface area contributed by atoms with Crippen LogP contribution in [0.25, 0.3) is 0 Å². The molecule has 0 aromatic heterocycles. The van der Waals surface area contributed by atoms with Crippen LogP contribution in [0, 0.1) is 5.41 Å². The van der Waals surface area contributed by atoms with E-state index in [9.17, 15) is 14.4 Å². The van der Waals surface area contributed by atoms with Crippen molar-refractivity contribution in [1.29, 1.82) is 0 Å². The molecule has 0 aliphatic carbocycles. The average Bonchev–Trinajstić information content (AvgIpc) is 3.22. The minimum absolute atomic E-state index is 0.209. The zero-order valence-corrected chi connectivity index (χ0v) is 16.1. The Morgan fingerprint density at radius 1 is 0.963 bits per heavy atom. The van der Waals surface area contributed by atoms with E-state index in [-0.39, 0.29) is 11.8 Å². The van der Waals surface area contributed by atoms with Gasteiger partial charge in [0.05, 0.1) is 0 Å². The molecule has 2 saturated heterocycles. The lowest BCUT2D eigenvalue weighted by Gasteiger charge is -2.36. The van der Waals surface area contributed by atoms with E-state index in [4.69, 9.17) is 0 Å². The van der Waals surface area contributed by atoms with Crippen LogP contribution < -0.4 is 10.2 Å². The summed E-state index contributed by atoms with van der Waals surface area (Å²) in [6.45, 7) is 7.37. The summed E-state index contributed by atoms with van der Waals surface area (Å²) in [5.41, 5.74) is 0.681. The molecule has 0 spiro atoms. The molecule has 1 aromatic rings. The summed E-state index contributed by atoms with van der Waals surface area (Å²) in [6.07, 6.45) is 3.23. The number of rotatable bonds is 5. The Balaban J connectivity index is 1.60. The largest absolute Gasteiger partial charge is 0.372 e. The second kappa shape index (κ2) is 7.98. The first-order valence-electron chi connectivity index (χ1n) is 9.57. The normalized spacial score (nSPS) is 17.8. The minimum atomic E-state index is -1.17. The molecule has 27 heavy (non-hydrogen) atoms. The molecule has 0 saturated carbocycles. The number of benzene rings is 1. The molecule has 7 nitrogen and oxygen atoms in total. The average molecular weight is 372 g/mol. The second-order valence-corrected chi connectivity index (χ2v) is 7.75. The SMILES string of the molecule is CC(C)(C(=O)Nc1ccc(N2CCCC2)cc1)C(=O)N1CCN(C=O)CC1. The van der Waals surface area contributed by atoms with Crippen LogP contribution in [0.1, 0.15) is 26.7 Å². The van der Waals surface area contributed by atoms with Crippen LogP contribution in [0.2, 0.25) is 0 Å². The van der Waals surface area contributed by atoms with Gasteiger partial charge in [-0.1, -0.05) is 0 Å². The molecule has 2 heterocycles. The smallest absolute Gasteiger partial charge is 0.239 e. The van der Waals surface area contributed by atoms with Crippen LogP contribution in [0.4, 0.5) is 11.4 Å². The van der Waals surface area contributed by atoms with Crippen molar-refractivity contribution < 1.29 is 14.4 Å². The van der Waals surface area contributed by atoms with Gasteiger partial charge in [0, 0.05) is 50.6 Å². The number of nitrogens with zero attached hydrogens (tertiary/aromatic N) is 3. The maximum Gasteiger partial charge on any atom is 0.239 e. The predicted molar refractivity (Wildman–Crippen MR) is 105 cm³/mol. The minimum Gasteiger partial charge on any atom is -0.372 e. The Kier molecular flexibility index (Phi) is 5.68. The number of hydrogen-bond donors (Lipinski definition) is 1. The number of carbonyl (C=O) groups is 3. The molecule has 3 amide bonds. The Morgan fingerprint density at radius 3 is 2.11 bits per heavy atom. The third-order valence-electron chi connectivity index (χ3n) is 5.45. The molecule has 2 aliphatic heterocycles. The molecule has 1 N–H and O–H groups in total. The fourth-order valence-corrected chi connectivity index (χ4v) is 3.54. The van der Waals surface area contributed by atoms with Gasteiger partial charge in [0.25, 0.3) is 0 Å². The van der Waals surface area contributed by atoms with Crippen molar-refractivity contribution in [2.45, 2.75) is 26.7 Å². The van der Waals surface area contributed by atoms with E-state index in [1.54, 1.807) is 23.6 Å². The molecule has 0 radical (unpaired) electrons. The van der Waals surface area contributed by atoms with Crippen LogP contribution in [-0.4, -0.2) is 67.3 Å². The summed E-state index contributed by atoms with van der Waals surface area (Å²) in [4.78, 5) is 42.0. The number of amides is 3. The van der Waals surface area contributed by atoms with E-state index in [0.717, 1.165) is 25.2 Å². The van der Waals surface area contributed by atoms with Gasteiger partial charge in [0.1, 0.15) is 5.41 Å². The van der Waals surface area contributed by atoms with Crippen LogP contribution >= 0.6 is 0 Å². The van der Waals surface area contributed by atoms with Crippen molar-refractivity contribution in [3.63, 3.8) is 0 Å². The molecule has 0 bridgehead atoms. The monoisotopic (exact) mass is 372 g/mol. The lowest BCUT2D eigenvalue weighted by atomic mass is 9.89.